The molecule has 4 heteroatoms. The molecule has 0 radical (unpaired) electrons. The van der Waals surface area contributed by atoms with Crippen LogP contribution in [0.3, 0.4) is 0 Å². The number of nitrogens with one attached hydrogen (secondary N) is 1. The molecule has 94 valence electrons. The molecule has 0 bridgehead atoms. The van der Waals surface area contributed by atoms with Gasteiger partial charge in [-0.25, -0.2) is 0 Å². The molecule has 1 heterocycles. The number of ether oxygens (including phenoxy) is 2. The first kappa shape index (κ1) is 12.7. The lowest BCUT2D eigenvalue weighted by Gasteiger charge is -2.23. The third kappa shape index (κ3) is 3.61. The molecule has 1 unspecified atom stereocenters. The highest BCUT2D eigenvalue weighted by molar-refractivity contribution is 9.10. The molecule has 1 fully saturated rings. The van der Waals surface area contributed by atoms with Crippen LogP contribution in [0.25, 0.3) is 0 Å². The van der Waals surface area contributed by atoms with Crippen LogP contribution >= 0.6 is 15.9 Å². The standard InChI is InChI=1S/C13H18BrNO2/c1-16-13-8-10(5-6-12(13)14)15-9-11-4-2-3-7-17-11/h5-6,8,11,15H,2-4,7,9H2,1H3. The van der Waals surface area contributed by atoms with E-state index in [-0.39, 0.29) is 0 Å². The van der Waals surface area contributed by atoms with E-state index >= 15 is 0 Å². The van der Waals surface area contributed by atoms with Crippen LogP contribution in [0.4, 0.5) is 5.69 Å². The number of anilines is 1. The third-order valence-electron chi connectivity index (χ3n) is 2.96. The van der Waals surface area contributed by atoms with E-state index in [4.69, 9.17) is 9.47 Å². The molecular formula is C13H18BrNO2. The molecule has 1 aliphatic heterocycles. The second-order valence-electron chi connectivity index (χ2n) is 4.22. The minimum absolute atomic E-state index is 0.346. The first-order chi connectivity index (χ1) is 8.29. The molecule has 17 heavy (non-hydrogen) atoms. The van der Waals surface area contributed by atoms with Gasteiger partial charge in [-0.05, 0) is 47.3 Å². The lowest BCUT2D eigenvalue weighted by atomic mass is 10.1. The summed E-state index contributed by atoms with van der Waals surface area (Å²) in [4.78, 5) is 0. The molecule has 1 aliphatic rings. The van der Waals surface area contributed by atoms with E-state index in [1.807, 2.05) is 18.2 Å². The van der Waals surface area contributed by atoms with Gasteiger partial charge in [0.15, 0.2) is 0 Å². The van der Waals surface area contributed by atoms with Gasteiger partial charge in [-0.2, -0.15) is 0 Å². The van der Waals surface area contributed by atoms with E-state index in [1.165, 1.54) is 12.8 Å². The normalized spacial score (nSPS) is 20.0. The molecule has 1 saturated heterocycles. The van der Waals surface area contributed by atoms with Crippen molar-refractivity contribution in [1.29, 1.82) is 0 Å². The van der Waals surface area contributed by atoms with E-state index < -0.39 is 0 Å². The van der Waals surface area contributed by atoms with Crippen molar-refractivity contribution in [3.05, 3.63) is 22.7 Å². The Balaban J connectivity index is 1.89. The van der Waals surface area contributed by atoms with Gasteiger partial charge in [-0.3, -0.25) is 0 Å². The third-order valence-corrected chi connectivity index (χ3v) is 3.61. The second-order valence-corrected chi connectivity index (χ2v) is 5.07. The van der Waals surface area contributed by atoms with Crippen molar-refractivity contribution < 1.29 is 9.47 Å². The average Bonchev–Trinajstić information content (AvgIpc) is 2.39. The highest BCUT2D eigenvalue weighted by Gasteiger charge is 2.13. The Labute approximate surface area is 111 Å². The van der Waals surface area contributed by atoms with Crippen molar-refractivity contribution in [3.63, 3.8) is 0 Å². The number of rotatable bonds is 4. The summed E-state index contributed by atoms with van der Waals surface area (Å²) in [5.41, 5.74) is 1.07. The van der Waals surface area contributed by atoms with Crippen LogP contribution < -0.4 is 10.1 Å². The number of hydrogen-bond donors (Lipinski definition) is 1. The fraction of sp³-hybridized carbons (Fsp3) is 0.538. The molecule has 1 aromatic rings. The maximum absolute atomic E-state index is 5.68. The molecule has 3 nitrogen and oxygen atoms in total. The summed E-state index contributed by atoms with van der Waals surface area (Å²) in [6, 6.07) is 6.02. The maximum atomic E-state index is 5.68. The molecule has 0 spiro atoms. The van der Waals surface area contributed by atoms with Crippen LogP contribution in [0.5, 0.6) is 5.75 Å². The number of halogens is 1. The van der Waals surface area contributed by atoms with Crippen molar-refractivity contribution >= 4 is 21.6 Å². The van der Waals surface area contributed by atoms with E-state index in [1.54, 1.807) is 7.11 Å². The SMILES string of the molecule is COc1cc(NCC2CCCCO2)ccc1Br. The van der Waals surface area contributed by atoms with Gasteiger partial charge >= 0.3 is 0 Å². The van der Waals surface area contributed by atoms with Crippen LogP contribution in [0, 0.1) is 0 Å². The van der Waals surface area contributed by atoms with Gasteiger partial charge in [-0.1, -0.05) is 0 Å². The Kier molecular flexibility index (Phi) is 4.68. The largest absolute Gasteiger partial charge is 0.495 e. The van der Waals surface area contributed by atoms with Crippen LogP contribution in [-0.2, 0) is 4.74 Å². The zero-order chi connectivity index (χ0) is 12.1. The molecule has 1 N–H and O–H groups in total. The summed E-state index contributed by atoms with van der Waals surface area (Å²) in [7, 11) is 1.67. The number of benzene rings is 1. The summed E-state index contributed by atoms with van der Waals surface area (Å²) in [5.74, 6) is 0.847. The van der Waals surface area contributed by atoms with Crippen molar-refractivity contribution in [2.24, 2.45) is 0 Å². The lowest BCUT2D eigenvalue weighted by Crippen LogP contribution is -2.26. The summed E-state index contributed by atoms with van der Waals surface area (Å²) in [5, 5.41) is 3.39. The summed E-state index contributed by atoms with van der Waals surface area (Å²) >= 11 is 3.44. The van der Waals surface area contributed by atoms with Crippen molar-refractivity contribution in [2.45, 2.75) is 25.4 Å². The minimum Gasteiger partial charge on any atom is -0.495 e. The van der Waals surface area contributed by atoms with E-state index in [0.717, 1.165) is 35.5 Å². The second kappa shape index (κ2) is 6.26. The van der Waals surface area contributed by atoms with Gasteiger partial charge in [0, 0.05) is 24.9 Å². The fourth-order valence-corrected chi connectivity index (χ4v) is 2.38. The van der Waals surface area contributed by atoms with E-state index in [2.05, 4.69) is 21.2 Å². The summed E-state index contributed by atoms with van der Waals surface area (Å²) in [6.07, 6.45) is 3.97. The molecule has 2 rings (SSSR count). The molecular weight excluding hydrogens is 282 g/mol. The quantitative estimate of drug-likeness (QED) is 0.924. The lowest BCUT2D eigenvalue weighted by molar-refractivity contribution is 0.0247. The number of hydrogen-bond acceptors (Lipinski definition) is 3. The van der Waals surface area contributed by atoms with E-state index in [9.17, 15) is 0 Å². The van der Waals surface area contributed by atoms with Gasteiger partial charge in [0.1, 0.15) is 5.75 Å². The van der Waals surface area contributed by atoms with Gasteiger partial charge in [-0.15, -0.1) is 0 Å². The predicted molar refractivity (Wildman–Crippen MR) is 72.8 cm³/mol. The average molecular weight is 300 g/mol. The highest BCUT2D eigenvalue weighted by Crippen LogP contribution is 2.28. The predicted octanol–water partition coefficient (Wildman–Crippen LogP) is 3.44. The topological polar surface area (TPSA) is 30.5 Å². The van der Waals surface area contributed by atoms with Crippen LogP contribution in [-0.4, -0.2) is 26.4 Å². The Bertz CT molecular complexity index is 364. The monoisotopic (exact) mass is 299 g/mol. The highest BCUT2D eigenvalue weighted by atomic mass is 79.9. The van der Waals surface area contributed by atoms with Crippen molar-refractivity contribution in [1.82, 2.24) is 0 Å². The van der Waals surface area contributed by atoms with Gasteiger partial charge in [0.2, 0.25) is 0 Å². The van der Waals surface area contributed by atoms with Gasteiger partial charge in [0.25, 0.3) is 0 Å². The van der Waals surface area contributed by atoms with Gasteiger partial charge < -0.3 is 14.8 Å². The maximum Gasteiger partial charge on any atom is 0.135 e. The first-order valence-corrected chi connectivity index (χ1v) is 6.78. The molecule has 0 aromatic heterocycles. The number of methoxy groups -OCH3 is 1. The molecule has 0 amide bonds. The zero-order valence-corrected chi connectivity index (χ0v) is 11.6. The van der Waals surface area contributed by atoms with Crippen molar-refractivity contribution in [2.75, 3.05) is 25.6 Å². The smallest absolute Gasteiger partial charge is 0.135 e. The van der Waals surface area contributed by atoms with Crippen molar-refractivity contribution in [3.8, 4) is 5.75 Å². The molecule has 1 aromatic carbocycles. The molecule has 0 saturated carbocycles. The Morgan fingerprint density at radius 1 is 1.47 bits per heavy atom. The fourth-order valence-electron chi connectivity index (χ4n) is 1.97. The van der Waals surface area contributed by atoms with Crippen LogP contribution in [0.1, 0.15) is 19.3 Å². The minimum atomic E-state index is 0.346. The Morgan fingerprint density at radius 3 is 3.06 bits per heavy atom. The zero-order valence-electron chi connectivity index (χ0n) is 10.0. The Hall–Kier alpha value is -0.740. The van der Waals surface area contributed by atoms with Gasteiger partial charge in [0.05, 0.1) is 17.7 Å². The first-order valence-electron chi connectivity index (χ1n) is 5.98. The van der Waals surface area contributed by atoms with Crippen LogP contribution in [0.2, 0.25) is 0 Å². The summed E-state index contributed by atoms with van der Waals surface area (Å²) in [6.45, 7) is 1.76. The van der Waals surface area contributed by atoms with E-state index in [0.29, 0.717) is 6.10 Å². The molecule has 1 atom stereocenters. The van der Waals surface area contributed by atoms with Crippen LogP contribution in [0.15, 0.2) is 22.7 Å². The molecule has 0 aliphatic carbocycles. The Morgan fingerprint density at radius 2 is 2.35 bits per heavy atom. The summed E-state index contributed by atoms with van der Waals surface area (Å²) < 4.78 is 11.9.